The van der Waals surface area contributed by atoms with E-state index in [0.717, 1.165) is 35.6 Å². The largest absolute Gasteiger partial charge is 0.388 e. The Morgan fingerprint density at radius 3 is 2.38 bits per heavy atom. The summed E-state index contributed by atoms with van der Waals surface area (Å²) in [6.07, 6.45) is 1.90. The van der Waals surface area contributed by atoms with Crippen molar-refractivity contribution in [3.63, 3.8) is 0 Å². The molecule has 9 nitrogen and oxygen atoms in total. The molecular weight excluding hydrogens is 499 g/mol. The number of hydrazine groups is 1. The SMILES string of the molecule is CC(c1ccc(-c2nn([C@@H]3O[C@H](C)[C@@H](O)[C@H]3O)c3c2CN(Nc2ccc(F)cc2)C=N3)cc1)N1CCCCC1. The zero-order valence-corrected chi connectivity index (χ0v) is 22.2. The number of hydrogen-bond donors (Lipinski definition) is 3. The van der Waals surface area contributed by atoms with Crippen molar-refractivity contribution in [3.05, 3.63) is 65.5 Å². The van der Waals surface area contributed by atoms with Crippen LogP contribution in [0.5, 0.6) is 0 Å². The van der Waals surface area contributed by atoms with Gasteiger partial charge in [0.05, 0.1) is 24.0 Å². The van der Waals surface area contributed by atoms with Crippen LogP contribution in [0.2, 0.25) is 0 Å². The van der Waals surface area contributed by atoms with Crippen molar-refractivity contribution in [2.75, 3.05) is 18.5 Å². The zero-order chi connectivity index (χ0) is 27.1. The van der Waals surface area contributed by atoms with Crippen LogP contribution >= 0.6 is 0 Å². The van der Waals surface area contributed by atoms with E-state index in [-0.39, 0.29) is 5.82 Å². The molecule has 3 N–H and O–H groups in total. The lowest BCUT2D eigenvalue weighted by Crippen LogP contribution is -2.32. The van der Waals surface area contributed by atoms with E-state index in [1.165, 1.54) is 37.0 Å². The first-order valence-electron chi connectivity index (χ1n) is 13.7. The van der Waals surface area contributed by atoms with Crippen LogP contribution in [0.4, 0.5) is 15.9 Å². The fourth-order valence-electron chi connectivity index (χ4n) is 5.71. The number of piperidine rings is 1. The van der Waals surface area contributed by atoms with Crippen molar-refractivity contribution in [1.82, 2.24) is 19.7 Å². The molecule has 2 fully saturated rings. The lowest BCUT2D eigenvalue weighted by atomic mass is 10.00. The number of likely N-dealkylation sites (tertiary alicyclic amines) is 1. The second-order valence-corrected chi connectivity index (χ2v) is 10.7. The van der Waals surface area contributed by atoms with E-state index in [1.807, 2.05) is 0 Å². The molecule has 2 aromatic carbocycles. The number of rotatable bonds is 6. The van der Waals surface area contributed by atoms with E-state index in [2.05, 4.69) is 46.5 Å². The number of benzene rings is 2. The van der Waals surface area contributed by atoms with Crippen molar-refractivity contribution in [3.8, 4) is 11.3 Å². The van der Waals surface area contributed by atoms with Gasteiger partial charge in [-0.15, -0.1) is 0 Å². The number of fused-ring (bicyclic) bond motifs is 1. The molecule has 0 aliphatic carbocycles. The van der Waals surface area contributed by atoms with Gasteiger partial charge in [0.25, 0.3) is 0 Å². The van der Waals surface area contributed by atoms with Gasteiger partial charge in [0, 0.05) is 17.2 Å². The van der Waals surface area contributed by atoms with Crippen LogP contribution in [0.1, 0.15) is 56.5 Å². The van der Waals surface area contributed by atoms with Gasteiger partial charge < -0.3 is 14.9 Å². The predicted octanol–water partition coefficient (Wildman–Crippen LogP) is 4.38. The monoisotopic (exact) mass is 534 g/mol. The second kappa shape index (κ2) is 10.7. The van der Waals surface area contributed by atoms with E-state index < -0.39 is 24.5 Å². The molecule has 0 amide bonds. The number of ether oxygens (including phenoxy) is 1. The molecule has 1 aromatic heterocycles. The zero-order valence-electron chi connectivity index (χ0n) is 22.2. The highest BCUT2D eigenvalue weighted by Crippen LogP contribution is 2.40. The van der Waals surface area contributed by atoms with Crippen molar-refractivity contribution >= 4 is 17.8 Å². The Labute approximate surface area is 227 Å². The van der Waals surface area contributed by atoms with E-state index >= 15 is 0 Å². The van der Waals surface area contributed by atoms with Crippen molar-refractivity contribution in [2.45, 2.75) is 70.2 Å². The average molecular weight is 535 g/mol. The molecule has 6 rings (SSSR count). The summed E-state index contributed by atoms with van der Waals surface area (Å²) < 4.78 is 20.9. The van der Waals surface area contributed by atoms with Crippen molar-refractivity contribution < 1.29 is 19.3 Å². The minimum Gasteiger partial charge on any atom is -0.388 e. The van der Waals surface area contributed by atoms with Gasteiger partial charge in [0.2, 0.25) is 0 Å². The number of aliphatic hydroxyl groups excluding tert-OH is 2. The summed E-state index contributed by atoms with van der Waals surface area (Å²) in [6, 6.07) is 15.0. The van der Waals surface area contributed by atoms with Gasteiger partial charge in [-0.25, -0.2) is 14.1 Å². The minimum absolute atomic E-state index is 0.303. The number of hydrogen-bond acceptors (Lipinski definition) is 8. The highest BCUT2D eigenvalue weighted by molar-refractivity contribution is 5.75. The highest BCUT2D eigenvalue weighted by Gasteiger charge is 2.43. The molecule has 0 saturated carbocycles. The lowest BCUT2D eigenvalue weighted by Gasteiger charge is -2.32. The summed E-state index contributed by atoms with van der Waals surface area (Å²) >= 11 is 0. The topological polar surface area (TPSA) is 98.4 Å². The molecule has 3 aliphatic heterocycles. The molecule has 4 heterocycles. The van der Waals surface area contributed by atoms with E-state index in [0.29, 0.717) is 18.4 Å². The van der Waals surface area contributed by atoms with E-state index in [9.17, 15) is 14.6 Å². The van der Waals surface area contributed by atoms with Crippen molar-refractivity contribution in [2.24, 2.45) is 4.99 Å². The molecule has 0 radical (unpaired) electrons. The van der Waals surface area contributed by atoms with Gasteiger partial charge in [0.15, 0.2) is 12.0 Å². The van der Waals surface area contributed by atoms with Gasteiger partial charge in [-0.1, -0.05) is 30.7 Å². The van der Waals surface area contributed by atoms with Gasteiger partial charge in [-0.05, 0) is 69.6 Å². The minimum atomic E-state index is -1.13. The first kappa shape index (κ1) is 25.9. The third kappa shape index (κ3) is 5.05. The van der Waals surface area contributed by atoms with Gasteiger partial charge in [-0.3, -0.25) is 15.3 Å². The van der Waals surface area contributed by atoms with Gasteiger partial charge >= 0.3 is 0 Å². The smallest absolute Gasteiger partial charge is 0.181 e. The molecule has 39 heavy (non-hydrogen) atoms. The van der Waals surface area contributed by atoms with Gasteiger partial charge in [-0.2, -0.15) is 5.10 Å². The Balaban J connectivity index is 1.32. The maximum atomic E-state index is 13.4. The third-order valence-corrected chi connectivity index (χ3v) is 8.07. The molecule has 0 spiro atoms. The number of halogens is 1. The van der Waals surface area contributed by atoms with Gasteiger partial charge in [0.1, 0.15) is 24.4 Å². The molecule has 2 saturated heterocycles. The van der Waals surface area contributed by atoms with Crippen molar-refractivity contribution in [1.29, 1.82) is 0 Å². The number of nitrogens with zero attached hydrogens (tertiary/aromatic N) is 5. The Kier molecular flexibility index (Phi) is 7.11. The maximum absolute atomic E-state index is 13.4. The Hall–Kier alpha value is -3.31. The first-order chi connectivity index (χ1) is 18.9. The molecule has 3 aliphatic rings. The van der Waals surface area contributed by atoms with Crippen LogP contribution < -0.4 is 5.43 Å². The second-order valence-electron chi connectivity index (χ2n) is 10.7. The molecule has 5 atom stereocenters. The number of aliphatic hydroxyl groups is 2. The summed E-state index contributed by atoms with van der Waals surface area (Å²) in [7, 11) is 0. The lowest BCUT2D eigenvalue weighted by molar-refractivity contribution is -0.0384. The molecular formula is C29H35FN6O3. The Bertz CT molecular complexity index is 1320. The van der Waals surface area contributed by atoms with Crippen LogP contribution in [-0.4, -0.2) is 67.6 Å². The van der Waals surface area contributed by atoms with E-state index in [4.69, 9.17) is 9.84 Å². The highest BCUT2D eigenvalue weighted by atomic mass is 19.1. The molecule has 0 bridgehead atoms. The number of aromatic nitrogens is 2. The summed E-state index contributed by atoms with van der Waals surface area (Å²) in [6.45, 7) is 6.67. The molecule has 206 valence electrons. The van der Waals surface area contributed by atoms with Crippen LogP contribution in [0, 0.1) is 5.82 Å². The Morgan fingerprint density at radius 1 is 1.00 bits per heavy atom. The van der Waals surface area contributed by atoms with Crippen LogP contribution in [0.3, 0.4) is 0 Å². The summed E-state index contributed by atoms with van der Waals surface area (Å²) in [5.41, 5.74) is 7.75. The van der Waals surface area contributed by atoms with Crippen LogP contribution in [0.25, 0.3) is 11.3 Å². The molecule has 1 unspecified atom stereocenters. The van der Waals surface area contributed by atoms with Crippen LogP contribution in [0.15, 0.2) is 53.5 Å². The summed E-state index contributed by atoms with van der Waals surface area (Å²) in [5, 5.41) is 27.7. The number of nitrogens with one attached hydrogen (secondary N) is 1. The standard InChI is InChI=1S/C29H35FN6O3/c1-18(34-14-4-3-5-15-34)20-6-8-21(9-7-20)25-24-16-35(32-23-12-10-22(30)11-13-23)17-31-28(24)36(33-25)29-27(38)26(37)19(2)39-29/h6-13,17-19,26-27,29,32,37-38H,3-5,14-16H2,1-2H3/t18?,19-,26-,27-,29-/m1/s1. The number of anilines is 1. The maximum Gasteiger partial charge on any atom is 0.181 e. The van der Waals surface area contributed by atoms with E-state index in [1.54, 1.807) is 35.1 Å². The predicted molar refractivity (Wildman–Crippen MR) is 147 cm³/mol. The number of aliphatic imine (C=N–C) groups is 1. The summed E-state index contributed by atoms with van der Waals surface area (Å²) in [4.78, 5) is 7.19. The first-order valence-corrected chi connectivity index (χ1v) is 13.7. The summed E-state index contributed by atoms with van der Waals surface area (Å²) in [5.74, 6) is 0.265. The van der Waals surface area contributed by atoms with Crippen LogP contribution in [-0.2, 0) is 11.3 Å². The Morgan fingerprint density at radius 2 is 1.72 bits per heavy atom. The molecule has 3 aromatic rings. The molecule has 10 heteroatoms. The fourth-order valence-corrected chi connectivity index (χ4v) is 5.71. The third-order valence-electron chi connectivity index (χ3n) is 8.07. The normalized spacial score (nSPS) is 26.0. The average Bonchev–Trinajstić information content (AvgIpc) is 3.46. The fraction of sp³-hybridized carbons (Fsp3) is 0.448. The quantitative estimate of drug-likeness (QED) is 0.432.